The molecule has 206 valence electrons. The average Bonchev–Trinajstić information content (AvgIpc) is 3.03. The van der Waals surface area contributed by atoms with E-state index in [0.717, 1.165) is 39.1 Å². The van der Waals surface area contributed by atoms with Crippen molar-refractivity contribution in [3.8, 4) is 0 Å². The minimum absolute atomic E-state index is 0.268. The summed E-state index contributed by atoms with van der Waals surface area (Å²) in [6.07, 6.45) is 5.75. The molecule has 41 heavy (non-hydrogen) atoms. The lowest BCUT2D eigenvalue weighted by Gasteiger charge is -2.32. The molecule has 0 heterocycles. The van der Waals surface area contributed by atoms with Crippen molar-refractivity contribution in [2.45, 2.75) is 38.6 Å². The van der Waals surface area contributed by atoms with Crippen LogP contribution in [0.2, 0.25) is 0 Å². The van der Waals surface area contributed by atoms with Crippen molar-refractivity contribution in [3.63, 3.8) is 0 Å². The second-order valence-electron chi connectivity index (χ2n) is 10.7. The molecule has 0 saturated carbocycles. The molecule has 1 unspecified atom stereocenters. The maximum absolute atomic E-state index is 2.63. The molecule has 2 heteroatoms. The predicted octanol–water partition coefficient (Wildman–Crippen LogP) is 8.86. The molecule has 0 saturated heterocycles. The maximum atomic E-state index is 2.63. The SMILES string of the molecule is C(=C\C(CCN(Cc1ccccc1)Cc1ccccc1)N(Cc1ccccc1)Cc1ccccc1)/c1ccccc1. The van der Waals surface area contributed by atoms with Crippen LogP contribution in [0.1, 0.15) is 34.2 Å². The van der Waals surface area contributed by atoms with Gasteiger partial charge in [-0.3, -0.25) is 9.80 Å². The maximum Gasteiger partial charge on any atom is 0.0300 e. The van der Waals surface area contributed by atoms with Crippen LogP contribution in [0.3, 0.4) is 0 Å². The lowest BCUT2D eigenvalue weighted by atomic mass is 10.0. The molecule has 0 aliphatic rings. The number of hydrogen-bond acceptors (Lipinski definition) is 2. The lowest BCUT2D eigenvalue weighted by Crippen LogP contribution is -2.36. The molecule has 1 atom stereocenters. The highest BCUT2D eigenvalue weighted by Crippen LogP contribution is 2.20. The van der Waals surface area contributed by atoms with Crippen molar-refractivity contribution >= 4 is 6.08 Å². The fourth-order valence-corrected chi connectivity index (χ4v) is 5.33. The monoisotopic (exact) mass is 536 g/mol. The van der Waals surface area contributed by atoms with Crippen LogP contribution in [0.15, 0.2) is 158 Å². The summed E-state index contributed by atoms with van der Waals surface area (Å²) in [5.74, 6) is 0. The molecule has 0 fully saturated rings. The number of hydrogen-bond donors (Lipinski definition) is 0. The van der Waals surface area contributed by atoms with Crippen LogP contribution in [-0.2, 0) is 26.2 Å². The van der Waals surface area contributed by atoms with Crippen LogP contribution in [0.25, 0.3) is 6.08 Å². The van der Waals surface area contributed by atoms with Gasteiger partial charge >= 0.3 is 0 Å². The zero-order chi connectivity index (χ0) is 28.0. The predicted molar refractivity (Wildman–Crippen MR) is 173 cm³/mol. The molecule has 0 aromatic heterocycles. The van der Waals surface area contributed by atoms with E-state index in [1.165, 1.54) is 27.8 Å². The van der Waals surface area contributed by atoms with E-state index >= 15 is 0 Å². The van der Waals surface area contributed by atoms with Crippen LogP contribution in [0, 0.1) is 0 Å². The Morgan fingerprint density at radius 1 is 0.439 bits per heavy atom. The first-order valence-corrected chi connectivity index (χ1v) is 14.7. The number of rotatable bonds is 14. The van der Waals surface area contributed by atoms with Gasteiger partial charge < -0.3 is 0 Å². The van der Waals surface area contributed by atoms with E-state index in [-0.39, 0.29) is 6.04 Å². The third kappa shape index (κ3) is 9.42. The molecule has 0 bridgehead atoms. The average molecular weight is 537 g/mol. The Hall–Kier alpha value is -4.24. The highest BCUT2D eigenvalue weighted by Gasteiger charge is 2.19. The first-order valence-electron chi connectivity index (χ1n) is 14.7. The van der Waals surface area contributed by atoms with Gasteiger partial charge in [-0.2, -0.15) is 0 Å². The van der Waals surface area contributed by atoms with Gasteiger partial charge in [0.15, 0.2) is 0 Å². The first kappa shape index (κ1) is 28.3. The van der Waals surface area contributed by atoms with Gasteiger partial charge in [0, 0.05) is 38.8 Å². The highest BCUT2D eigenvalue weighted by molar-refractivity contribution is 5.49. The molecule has 5 aromatic carbocycles. The van der Waals surface area contributed by atoms with Gasteiger partial charge in [-0.05, 0) is 34.2 Å². The van der Waals surface area contributed by atoms with E-state index < -0.39 is 0 Å². The summed E-state index contributed by atoms with van der Waals surface area (Å²) in [6, 6.07) is 54.4. The summed E-state index contributed by atoms with van der Waals surface area (Å²) in [4.78, 5) is 5.23. The quantitative estimate of drug-likeness (QED) is 0.140. The molecule has 0 aliphatic heterocycles. The van der Waals surface area contributed by atoms with Crippen LogP contribution in [0.5, 0.6) is 0 Å². The summed E-state index contributed by atoms with van der Waals surface area (Å²) < 4.78 is 0. The van der Waals surface area contributed by atoms with E-state index in [4.69, 9.17) is 0 Å². The topological polar surface area (TPSA) is 6.48 Å². The molecular weight excluding hydrogens is 496 g/mol. The summed E-state index contributed by atoms with van der Waals surface area (Å²) in [5, 5.41) is 0. The van der Waals surface area contributed by atoms with Gasteiger partial charge in [-0.1, -0.05) is 164 Å². The normalized spacial score (nSPS) is 12.2. The van der Waals surface area contributed by atoms with Gasteiger partial charge in [0.05, 0.1) is 0 Å². The van der Waals surface area contributed by atoms with Crippen LogP contribution in [-0.4, -0.2) is 22.4 Å². The smallest absolute Gasteiger partial charge is 0.0300 e. The molecule has 0 aliphatic carbocycles. The fraction of sp³-hybridized carbons (Fsp3) is 0.179. The summed E-state index contributed by atoms with van der Waals surface area (Å²) >= 11 is 0. The molecule has 2 nitrogen and oxygen atoms in total. The molecule has 0 amide bonds. The Bertz CT molecular complexity index is 1340. The van der Waals surface area contributed by atoms with Gasteiger partial charge in [-0.15, -0.1) is 0 Å². The van der Waals surface area contributed by atoms with Crippen molar-refractivity contribution in [3.05, 3.63) is 186 Å². The van der Waals surface area contributed by atoms with Gasteiger partial charge in [-0.25, -0.2) is 0 Å². The zero-order valence-corrected chi connectivity index (χ0v) is 23.8. The third-order valence-corrected chi connectivity index (χ3v) is 7.48. The standard InChI is InChI=1S/C39H40N2/c1-6-16-34(17-7-1)26-27-39(41(32-37-22-12-4-13-23-37)33-38-24-14-5-15-25-38)28-29-40(30-35-18-8-2-9-19-35)31-36-20-10-3-11-21-36/h1-27,39H,28-33H2/b27-26+. The van der Waals surface area contributed by atoms with Crippen LogP contribution >= 0.6 is 0 Å². The van der Waals surface area contributed by atoms with E-state index in [0.29, 0.717) is 0 Å². The van der Waals surface area contributed by atoms with Crippen LogP contribution < -0.4 is 0 Å². The van der Waals surface area contributed by atoms with Crippen molar-refractivity contribution in [2.75, 3.05) is 6.54 Å². The third-order valence-electron chi connectivity index (χ3n) is 7.48. The Kier molecular flexibility index (Phi) is 10.7. The van der Waals surface area contributed by atoms with Gasteiger partial charge in [0.2, 0.25) is 0 Å². The second-order valence-corrected chi connectivity index (χ2v) is 10.7. The Labute approximate surface area is 246 Å². The Morgan fingerprint density at radius 2 is 0.805 bits per heavy atom. The van der Waals surface area contributed by atoms with Crippen LogP contribution in [0.4, 0.5) is 0 Å². The largest absolute Gasteiger partial charge is 0.295 e. The molecule has 5 rings (SSSR count). The minimum atomic E-state index is 0.268. The zero-order valence-electron chi connectivity index (χ0n) is 23.8. The number of benzene rings is 5. The van der Waals surface area contributed by atoms with E-state index in [9.17, 15) is 0 Å². The molecule has 5 aromatic rings. The van der Waals surface area contributed by atoms with Gasteiger partial charge in [0.25, 0.3) is 0 Å². The summed E-state index contributed by atoms with van der Waals surface area (Å²) in [5.41, 5.74) is 6.62. The molecular formula is C39H40N2. The first-order chi connectivity index (χ1) is 20.3. The summed E-state index contributed by atoms with van der Waals surface area (Å²) in [6.45, 7) is 4.66. The van der Waals surface area contributed by atoms with E-state index in [1.54, 1.807) is 0 Å². The van der Waals surface area contributed by atoms with E-state index in [2.05, 4.69) is 174 Å². The van der Waals surface area contributed by atoms with E-state index in [1.807, 2.05) is 0 Å². The molecule has 0 N–H and O–H groups in total. The second kappa shape index (κ2) is 15.5. The van der Waals surface area contributed by atoms with Crippen molar-refractivity contribution in [1.29, 1.82) is 0 Å². The Morgan fingerprint density at radius 3 is 1.22 bits per heavy atom. The fourth-order valence-electron chi connectivity index (χ4n) is 5.33. The van der Waals surface area contributed by atoms with Crippen molar-refractivity contribution < 1.29 is 0 Å². The Balaban J connectivity index is 1.42. The van der Waals surface area contributed by atoms with Crippen molar-refractivity contribution in [2.24, 2.45) is 0 Å². The molecule has 0 radical (unpaired) electrons. The van der Waals surface area contributed by atoms with Crippen molar-refractivity contribution in [1.82, 2.24) is 9.80 Å². The summed E-state index contributed by atoms with van der Waals surface area (Å²) in [7, 11) is 0. The highest BCUT2D eigenvalue weighted by atomic mass is 15.2. The minimum Gasteiger partial charge on any atom is -0.295 e. The lowest BCUT2D eigenvalue weighted by molar-refractivity contribution is 0.171. The number of nitrogens with zero attached hydrogens (tertiary/aromatic N) is 2. The molecule has 0 spiro atoms. The van der Waals surface area contributed by atoms with Gasteiger partial charge in [0.1, 0.15) is 0 Å².